The first-order valence-electron chi connectivity index (χ1n) is 7.07. The third kappa shape index (κ3) is 3.93. The maximum absolute atomic E-state index is 12.4. The second kappa shape index (κ2) is 7.38. The second-order valence-electron chi connectivity index (χ2n) is 4.90. The predicted molar refractivity (Wildman–Crippen MR) is 87.9 cm³/mol. The van der Waals surface area contributed by atoms with Crippen molar-refractivity contribution in [3.8, 4) is 0 Å². The van der Waals surface area contributed by atoms with E-state index in [-0.39, 0.29) is 24.8 Å². The molecule has 0 aliphatic carbocycles. The lowest BCUT2D eigenvalue weighted by atomic mass is 10.1. The lowest BCUT2D eigenvalue weighted by Crippen LogP contribution is -2.19. The molecule has 5 heteroatoms. The van der Waals surface area contributed by atoms with E-state index in [1.807, 2.05) is 25.1 Å². The molecule has 4 N–H and O–H groups in total. The molecule has 0 aliphatic rings. The molecular weight excluding hydrogens is 278 g/mol. The van der Waals surface area contributed by atoms with Crippen LogP contribution in [0.25, 0.3) is 0 Å². The summed E-state index contributed by atoms with van der Waals surface area (Å²) in [6, 6.07) is 14.4. The van der Waals surface area contributed by atoms with Gasteiger partial charge in [0.25, 0.3) is 5.91 Å². The molecule has 0 atom stereocenters. The molecule has 0 saturated carbocycles. The second-order valence-corrected chi connectivity index (χ2v) is 4.90. The predicted octanol–water partition coefficient (Wildman–Crippen LogP) is 2.53. The molecule has 2 aromatic carbocycles. The van der Waals surface area contributed by atoms with Gasteiger partial charge in [-0.05, 0) is 30.7 Å². The van der Waals surface area contributed by atoms with Gasteiger partial charge in [-0.2, -0.15) is 0 Å². The Morgan fingerprint density at radius 2 is 1.55 bits per heavy atom. The lowest BCUT2D eigenvalue weighted by molar-refractivity contribution is -0.116. The smallest absolute Gasteiger partial charge is 0.255 e. The summed E-state index contributed by atoms with van der Waals surface area (Å²) in [5.74, 6) is -0.390. The van der Waals surface area contributed by atoms with Crippen molar-refractivity contribution in [3.05, 3.63) is 59.7 Å². The van der Waals surface area contributed by atoms with E-state index in [0.29, 0.717) is 16.9 Å². The molecule has 0 radical (unpaired) electrons. The molecule has 2 amide bonds. The Kier molecular flexibility index (Phi) is 5.27. The van der Waals surface area contributed by atoms with Gasteiger partial charge >= 0.3 is 0 Å². The van der Waals surface area contributed by atoms with Crippen LogP contribution < -0.4 is 16.4 Å². The van der Waals surface area contributed by atoms with Crippen LogP contribution >= 0.6 is 0 Å². The summed E-state index contributed by atoms with van der Waals surface area (Å²) >= 11 is 0. The van der Waals surface area contributed by atoms with Crippen molar-refractivity contribution in [2.45, 2.75) is 13.3 Å². The van der Waals surface area contributed by atoms with Crippen molar-refractivity contribution in [1.29, 1.82) is 0 Å². The zero-order valence-electron chi connectivity index (χ0n) is 12.4. The molecular formula is C17H19N3O2. The zero-order chi connectivity index (χ0) is 15.9. The van der Waals surface area contributed by atoms with Crippen LogP contribution in [0.15, 0.2) is 48.5 Å². The number of hydrogen-bond donors (Lipinski definition) is 3. The first kappa shape index (κ1) is 15.7. The summed E-state index contributed by atoms with van der Waals surface area (Å²) in [6.07, 6.45) is 0.236. The molecule has 22 heavy (non-hydrogen) atoms. The summed E-state index contributed by atoms with van der Waals surface area (Å²) in [6.45, 7) is 2.16. The molecule has 114 valence electrons. The SMILES string of the molecule is Cc1ccccc1C(=O)Nc1ccccc1NC(=O)CCN. The standard InChI is InChI=1S/C17H19N3O2/c1-12-6-2-3-7-13(12)17(22)20-15-9-5-4-8-14(15)19-16(21)10-11-18/h2-9H,10-11,18H2,1H3,(H,19,21)(H,20,22). The van der Waals surface area contributed by atoms with Gasteiger partial charge in [0.15, 0.2) is 0 Å². The van der Waals surface area contributed by atoms with Crippen LogP contribution in [-0.4, -0.2) is 18.4 Å². The third-order valence-corrected chi connectivity index (χ3v) is 3.21. The minimum Gasteiger partial charge on any atom is -0.330 e. The number of rotatable bonds is 5. The minimum atomic E-state index is -0.210. The van der Waals surface area contributed by atoms with E-state index >= 15 is 0 Å². The Bertz CT molecular complexity index is 683. The number of anilines is 2. The number of benzene rings is 2. The monoisotopic (exact) mass is 297 g/mol. The van der Waals surface area contributed by atoms with Gasteiger partial charge in [0.1, 0.15) is 0 Å². The number of para-hydroxylation sites is 2. The molecule has 0 aliphatic heterocycles. The van der Waals surface area contributed by atoms with Crippen LogP contribution in [0.2, 0.25) is 0 Å². The van der Waals surface area contributed by atoms with Gasteiger partial charge in [0, 0.05) is 18.5 Å². The van der Waals surface area contributed by atoms with E-state index in [1.54, 1.807) is 30.3 Å². The van der Waals surface area contributed by atoms with Gasteiger partial charge in [0.2, 0.25) is 5.91 Å². The van der Waals surface area contributed by atoms with E-state index in [1.165, 1.54) is 0 Å². The van der Waals surface area contributed by atoms with Crippen molar-refractivity contribution < 1.29 is 9.59 Å². The maximum Gasteiger partial charge on any atom is 0.255 e. The molecule has 2 aromatic rings. The van der Waals surface area contributed by atoms with Crippen LogP contribution in [-0.2, 0) is 4.79 Å². The van der Waals surface area contributed by atoms with Gasteiger partial charge in [-0.25, -0.2) is 0 Å². The maximum atomic E-state index is 12.4. The molecule has 0 saturated heterocycles. The molecule has 0 fully saturated rings. The molecule has 2 rings (SSSR count). The molecule has 0 unspecified atom stereocenters. The molecule has 0 spiro atoms. The molecule has 0 heterocycles. The largest absolute Gasteiger partial charge is 0.330 e. The van der Waals surface area contributed by atoms with Gasteiger partial charge in [-0.3, -0.25) is 9.59 Å². The molecule has 0 bridgehead atoms. The first-order chi connectivity index (χ1) is 10.6. The van der Waals surface area contributed by atoms with Crippen LogP contribution in [0.3, 0.4) is 0 Å². The Morgan fingerprint density at radius 1 is 0.955 bits per heavy atom. The van der Waals surface area contributed by atoms with Crippen LogP contribution in [0, 0.1) is 6.92 Å². The number of hydrogen-bond acceptors (Lipinski definition) is 3. The van der Waals surface area contributed by atoms with E-state index < -0.39 is 0 Å². The number of carbonyl (C=O) groups excluding carboxylic acids is 2. The highest BCUT2D eigenvalue weighted by Gasteiger charge is 2.12. The Morgan fingerprint density at radius 3 is 2.18 bits per heavy atom. The fourth-order valence-corrected chi connectivity index (χ4v) is 2.06. The van der Waals surface area contributed by atoms with Crippen molar-refractivity contribution in [2.75, 3.05) is 17.2 Å². The Labute approximate surface area is 129 Å². The number of aryl methyl sites for hydroxylation is 1. The summed E-state index contributed by atoms with van der Waals surface area (Å²) in [4.78, 5) is 24.0. The summed E-state index contributed by atoms with van der Waals surface area (Å²) in [7, 11) is 0. The Hall–Kier alpha value is -2.66. The van der Waals surface area contributed by atoms with Crippen LogP contribution in [0.1, 0.15) is 22.3 Å². The van der Waals surface area contributed by atoms with Crippen LogP contribution in [0.4, 0.5) is 11.4 Å². The average molecular weight is 297 g/mol. The number of amides is 2. The summed E-state index contributed by atoms with van der Waals surface area (Å²) < 4.78 is 0. The highest BCUT2D eigenvalue weighted by atomic mass is 16.2. The van der Waals surface area contributed by atoms with Crippen LogP contribution in [0.5, 0.6) is 0 Å². The molecule has 5 nitrogen and oxygen atoms in total. The fourth-order valence-electron chi connectivity index (χ4n) is 2.06. The van der Waals surface area contributed by atoms with Gasteiger partial charge < -0.3 is 16.4 Å². The van der Waals surface area contributed by atoms with Crippen molar-refractivity contribution in [3.63, 3.8) is 0 Å². The third-order valence-electron chi connectivity index (χ3n) is 3.21. The summed E-state index contributed by atoms with van der Waals surface area (Å²) in [5.41, 5.74) is 7.97. The van der Waals surface area contributed by atoms with Crippen molar-refractivity contribution >= 4 is 23.2 Å². The highest BCUT2D eigenvalue weighted by Crippen LogP contribution is 2.22. The summed E-state index contributed by atoms with van der Waals surface area (Å²) in [5, 5.41) is 5.58. The van der Waals surface area contributed by atoms with Gasteiger partial charge in [-0.15, -0.1) is 0 Å². The molecule has 0 aromatic heterocycles. The number of nitrogens with two attached hydrogens (primary N) is 1. The van der Waals surface area contributed by atoms with E-state index in [9.17, 15) is 9.59 Å². The van der Waals surface area contributed by atoms with E-state index in [0.717, 1.165) is 5.56 Å². The van der Waals surface area contributed by atoms with Gasteiger partial charge in [-0.1, -0.05) is 30.3 Å². The average Bonchev–Trinajstić information content (AvgIpc) is 2.50. The fraction of sp³-hybridized carbons (Fsp3) is 0.176. The number of carbonyl (C=O) groups is 2. The Balaban J connectivity index is 2.18. The quantitative estimate of drug-likeness (QED) is 0.793. The van der Waals surface area contributed by atoms with E-state index in [4.69, 9.17) is 5.73 Å². The van der Waals surface area contributed by atoms with E-state index in [2.05, 4.69) is 10.6 Å². The lowest BCUT2D eigenvalue weighted by Gasteiger charge is -2.13. The highest BCUT2D eigenvalue weighted by molar-refractivity contribution is 6.08. The minimum absolute atomic E-state index is 0.180. The zero-order valence-corrected chi connectivity index (χ0v) is 12.4. The first-order valence-corrected chi connectivity index (χ1v) is 7.07. The van der Waals surface area contributed by atoms with Crippen molar-refractivity contribution in [2.24, 2.45) is 5.73 Å². The van der Waals surface area contributed by atoms with Gasteiger partial charge in [0.05, 0.1) is 11.4 Å². The topological polar surface area (TPSA) is 84.2 Å². The number of nitrogens with one attached hydrogen (secondary N) is 2. The van der Waals surface area contributed by atoms with Crippen molar-refractivity contribution in [1.82, 2.24) is 0 Å². The normalized spacial score (nSPS) is 10.1.